The summed E-state index contributed by atoms with van der Waals surface area (Å²) in [5, 5.41) is 0. The molecule has 0 heteroatoms. The fourth-order valence-electron chi connectivity index (χ4n) is 2.56. The molecule has 0 aromatic carbocycles. The first-order valence-corrected chi connectivity index (χ1v) is 5.95. The Balaban J connectivity index is 2.27. The van der Waals surface area contributed by atoms with Crippen LogP contribution in [0.2, 0.25) is 0 Å². The highest BCUT2D eigenvalue weighted by Crippen LogP contribution is 2.34. The van der Waals surface area contributed by atoms with Crippen molar-refractivity contribution in [1.29, 1.82) is 0 Å². The third-order valence-corrected chi connectivity index (χ3v) is 3.69. The molecule has 0 spiro atoms. The molecular formula is C15H20. The van der Waals surface area contributed by atoms with Gasteiger partial charge >= 0.3 is 0 Å². The fraction of sp³-hybridized carbons (Fsp3) is 0.467. The van der Waals surface area contributed by atoms with Gasteiger partial charge in [-0.05, 0) is 68.7 Å². The largest absolute Gasteiger partial charge is 0.0842 e. The van der Waals surface area contributed by atoms with Crippen molar-refractivity contribution in [2.45, 2.75) is 46.5 Å². The molecule has 15 heavy (non-hydrogen) atoms. The SMILES string of the molecule is C/C=C1\CCC(/C=C2\CCC=C2C)=C1C. The Morgan fingerprint density at radius 3 is 2.40 bits per heavy atom. The molecule has 0 N–H and O–H groups in total. The van der Waals surface area contributed by atoms with Crippen LogP contribution in [0.25, 0.3) is 0 Å². The lowest BCUT2D eigenvalue weighted by Gasteiger charge is -2.02. The molecule has 0 heterocycles. The van der Waals surface area contributed by atoms with Crippen molar-refractivity contribution in [3.63, 3.8) is 0 Å². The van der Waals surface area contributed by atoms with E-state index in [1.54, 1.807) is 16.7 Å². The highest BCUT2D eigenvalue weighted by atomic mass is 14.2. The van der Waals surface area contributed by atoms with Gasteiger partial charge in [0.2, 0.25) is 0 Å². The van der Waals surface area contributed by atoms with Gasteiger partial charge in [0.25, 0.3) is 0 Å². The van der Waals surface area contributed by atoms with Crippen molar-refractivity contribution in [3.05, 3.63) is 46.1 Å². The highest BCUT2D eigenvalue weighted by Gasteiger charge is 2.15. The molecule has 0 saturated carbocycles. The first-order valence-electron chi connectivity index (χ1n) is 5.95. The van der Waals surface area contributed by atoms with Crippen LogP contribution in [0, 0.1) is 0 Å². The molecule has 0 fully saturated rings. The molecule has 0 radical (unpaired) electrons. The van der Waals surface area contributed by atoms with Crippen LogP contribution in [0.5, 0.6) is 0 Å². The van der Waals surface area contributed by atoms with Crippen LogP contribution >= 0.6 is 0 Å². The number of allylic oxidation sites excluding steroid dienone is 8. The second kappa shape index (κ2) is 4.22. The topological polar surface area (TPSA) is 0 Å². The Labute approximate surface area is 93.1 Å². The minimum Gasteiger partial charge on any atom is -0.0842 e. The zero-order valence-electron chi connectivity index (χ0n) is 10.1. The monoisotopic (exact) mass is 200 g/mol. The summed E-state index contributed by atoms with van der Waals surface area (Å²) in [5.41, 5.74) is 7.67. The molecule has 0 bridgehead atoms. The van der Waals surface area contributed by atoms with Gasteiger partial charge in [0.1, 0.15) is 0 Å². The Bertz CT molecular complexity index is 386. The third-order valence-electron chi connectivity index (χ3n) is 3.69. The first kappa shape index (κ1) is 10.5. The fourth-order valence-corrected chi connectivity index (χ4v) is 2.56. The van der Waals surface area contributed by atoms with Crippen LogP contribution in [-0.4, -0.2) is 0 Å². The summed E-state index contributed by atoms with van der Waals surface area (Å²) >= 11 is 0. The van der Waals surface area contributed by atoms with Crippen molar-refractivity contribution in [2.24, 2.45) is 0 Å². The van der Waals surface area contributed by atoms with E-state index < -0.39 is 0 Å². The van der Waals surface area contributed by atoms with Crippen LogP contribution in [0.1, 0.15) is 46.5 Å². The summed E-state index contributed by atoms with van der Waals surface area (Å²) in [7, 11) is 0. The van der Waals surface area contributed by atoms with E-state index in [4.69, 9.17) is 0 Å². The second-order valence-electron chi connectivity index (χ2n) is 4.56. The van der Waals surface area contributed by atoms with Crippen molar-refractivity contribution in [3.8, 4) is 0 Å². The van der Waals surface area contributed by atoms with Gasteiger partial charge in [0.05, 0.1) is 0 Å². The molecule has 0 saturated heterocycles. The van der Waals surface area contributed by atoms with Gasteiger partial charge in [-0.25, -0.2) is 0 Å². The number of rotatable bonds is 1. The van der Waals surface area contributed by atoms with Crippen molar-refractivity contribution >= 4 is 0 Å². The summed E-state index contributed by atoms with van der Waals surface area (Å²) in [5.74, 6) is 0. The Kier molecular flexibility index (Phi) is 2.95. The lowest BCUT2D eigenvalue weighted by atomic mass is 10.0. The van der Waals surface area contributed by atoms with Gasteiger partial charge in [-0.15, -0.1) is 0 Å². The van der Waals surface area contributed by atoms with E-state index >= 15 is 0 Å². The van der Waals surface area contributed by atoms with Crippen LogP contribution in [-0.2, 0) is 0 Å². The average Bonchev–Trinajstić information content (AvgIpc) is 2.77. The number of hydrogen-bond acceptors (Lipinski definition) is 0. The van der Waals surface area contributed by atoms with Crippen molar-refractivity contribution in [2.75, 3.05) is 0 Å². The third kappa shape index (κ3) is 1.99. The summed E-state index contributed by atoms with van der Waals surface area (Å²) in [6.45, 7) is 6.65. The lowest BCUT2D eigenvalue weighted by molar-refractivity contribution is 1.01. The van der Waals surface area contributed by atoms with E-state index in [0.29, 0.717) is 0 Å². The molecule has 2 aliphatic carbocycles. The standard InChI is InChI=1S/C15H20/c1-4-13-8-9-15(12(13)3)10-14-7-5-6-11(14)2/h4,6,10H,5,7-9H2,1-3H3/b13-4+,14-10+. The molecule has 0 unspecified atom stereocenters. The van der Waals surface area contributed by atoms with E-state index in [1.165, 1.54) is 36.8 Å². The smallest absolute Gasteiger partial charge is 0.0235 e. The summed E-state index contributed by atoms with van der Waals surface area (Å²) in [6.07, 6.45) is 12.0. The van der Waals surface area contributed by atoms with Gasteiger partial charge in [-0.1, -0.05) is 23.8 Å². The summed E-state index contributed by atoms with van der Waals surface area (Å²) in [6, 6.07) is 0. The van der Waals surface area contributed by atoms with Gasteiger partial charge in [0, 0.05) is 0 Å². The first-order chi connectivity index (χ1) is 7.22. The minimum absolute atomic E-state index is 1.24. The summed E-state index contributed by atoms with van der Waals surface area (Å²) < 4.78 is 0. The minimum atomic E-state index is 1.24. The maximum absolute atomic E-state index is 2.44. The van der Waals surface area contributed by atoms with Crippen LogP contribution in [0.15, 0.2) is 46.1 Å². The van der Waals surface area contributed by atoms with Crippen molar-refractivity contribution < 1.29 is 0 Å². The van der Waals surface area contributed by atoms with Crippen LogP contribution in [0.3, 0.4) is 0 Å². The highest BCUT2D eigenvalue weighted by molar-refractivity contribution is 5.48. The van der Waals surface area contributed by atoms with Crippen LogP contribution < -0.4 is 0 Å². The van der Waals surface area contributed by atoms with E-state index in [9.17, 15) is 0 Å². The Morgan fingerprint density at radius 1 is 1.07 bits per heavy atom. The molecule has 2 rings (SSSR count). The predicted molar refractivity (Wildman–Crippen MR) is 66.8 cm³/mol. The van der Waals surface area contributed by atoms with Crippen molar-refractivity contribution in [1.82, 2.24) is 0 Å². The molecule has 0 atom stereocenters. The summed E-state index contributed by atoms with van der Waals surface area (Å²) in [4.78, 5) is 0. The van der Waals surface area contributed by atoms with Gasteiger partial charge < -0.3 is 0 Å². The average molecular weight is 200 g/mol. The van der Waals surface area contributed by atoms with E-state index in [-0.39, 0.29) is 0 Å². The van der Waals surface area contributed by atoms with Crippen LogP contribution in [0.4, 0.5) is 0 Å². The molecule has 0 aromatic heterocycles. The zero-order valence-corrected chi connectivity index (χ0v) is 10.1. The molecule has 80 valence electrons. The Hall–Kier alpha value is -1.04. The number of hydrogen-bond donors (Lipinski definition) is 0. The maximum atomic E-state index is 2.44. The molecule has 0 nitrogen and oxygen atoms in total. The molecule has 0 amide bonds. The molecule has 0 aliphatic heterocycles. The quantitative estimate of drug-likeness (QED) is 0.575. The maximum Gasteiger partial charge on any atom is -0.0235 e. The predicted octanol–water partition coefficient (Wildman–Crippen LogP) is 4.71. The normalized spacial score (nSPS) is 27.0. The van der Waals surface area contributed by atoms with Gasteiger partial charge in [0.15, 0.2) is 0 Å². The van der Waals surface area contributed by atoms with E-state index in [2.05, 4.69) is 39.0 Å². The second-order valence-corrected chi connectivity index (χ2v) is 4.56. The van der Waals surface area contributed by atoms with Gasteiger partial charge in [-0.3, -0.25) is 0 Å². The zero-order chi connectivity index (χ0) is 10.8. The van der Waals surface area contributed by atoms with E-state index in [0.717, 1.165) is 0 Å². The molecular weight excluding hydrogens is 180 g/mol. The molecule has 0 aromatic rings. The van der Waals surface area contributed by atoms with E-state index in [1.807, 2.05) is 0 Å². The van der Waals surface area contributed by atoms with Gasteiger partial charge in [-0.2, -0.15) is 0 Å². The lowest BCUT2D eigenvalue weighted by Crippen LogP contribution is -1.82. The molecule has 2 aliphatic rings. The Morgan fingerprint density at radius 2 is 1.87 bits per heavy atom.